The Hall–Kier alpha value is -2.27. The number of hydrogen-bond donors (Lipinski definition) is 2. The maximum atomic E-state index is 12.5. The molecular formula is C21H27NO3S. The van der Waals surface area contributed by atoms with Gasteiger partial charge in [0.15, 0.2) is 0 Å². The van der Waals surface area contributed by atoms with Crippen molar-refractivity contribution >= 4 is 22.8 Å². The van der Waals surface area contributed by atoms with Crippen LogP contribution in [0.4, 0.5) is 0 Å². The summed E-state index contributed by atoms with van der Waals surface area (Å²) in [6, 6.07) is 11.0. The summed E-state index contributed by atoms with van der Waals surface area (Å²) in [5.41, 5.74) is 0.886. The Balaban J connectivity index is 1.97. The van der Waals surface area contributed by atoms with Crippen molar-refractivity contribution in [3.63, 3.8) is 0 Å². The van der Waals surface area contributed by atoms with Crippen LogP contribution >= 0.6 is 11.3 Å². The molecule has 0 aliphatic heterocycles. The van der Waals surface area contributed by atoms with E-state index in [-0.39, 0.29) is 17.5 Å². The van der Waals surface area contributed by atoms with Crippen LogP contribution in [0.3, 0.4) is 0 Å². The lowest BCUT2D eigenvalue weighted by atomic mass is 10.1. The molecule has 5 heteroatoms. The molecule has 1 aromatic heterocycles. The van der Waals surface area contributed by atoms with Crippen molar-refractivity contribution in [3.8, 4) is 5.75 Å². The highest BCUT2D eigenvalue weighted by Gasteiger charge is 2.16. The first kappa shape index (κ1) is 20.0. The monoisotopic (exact) mass is 373 g/mol. The largest absolute Gasteiger partial charge is 0.515 e. The van der Waals surface area contributed by atoms with Gasteiger partial charge in [0, 0.05) is 4.88 Å². The molecule has 0 spiro atoms. The highest BCUT2D eigenvalue weighted by atomic mass is 32.1. The van der Waals surface area contributed by atoms with Crippen molar-refractivity contribution in [3.05, 3.63) is 58.5 Å². The van der Waals surface area contributed by atoms with E-state index in [1.807, 2.05) is 36.6 Å². The standard InChI is InChI=1S/C21H27NO3S/c1-4-6-15(2)14-25-18-10-8-17(9-11-18)19(13-23)21(24)22-16(3)20-7-5-12-26-20/h5,7-13,15-16,23H,4,6,14H2,1-3H3,(H,22,24)/t15?,16-/m1/s1. The average Bonchev–Trinajstić information content (AvgIpc) is 3.17. The summed E-state index contributed by atoms with van der Waals surface area (Å²) in [7, 11) is 0. The highest BCUT2D eigenvalue weighted by Crippen LogP contribution is 2.22. The van der Waals surface area contributed by atoms with Gasteiger partial charge in [-0.05, 0) is 48.4 Å². The van der Waals surface area contributed by atoms with Crippen molar-refractivity contribution in [2.45, 2.75) is 39.7 Å². The Morgan fingerprint density at radius 2 is 2.00 bits per heavy atom. The summed E-state index contributed by atoms with van der Waals surface area (Å²) in [5.74, 6) is 0.970. The molecule has 0 bridgehead atoms. The number of ether oxygens (including phenoxy) is 1. The molecule has 4 nitrogen and oxygen atoms in total. The van der Waals surface area contributed by atoms with Gasteiger partial charge in [-0.25, -0.2) is 0 Å². The molecule has 2 aromatic rings. The Morgan fingerprint density at radius 3 is 2.58 bits per heavy atom. The molecule has 0 radical (unpaired) electrons. The van der Waals surface area contributed by atoms with Crippen LogP contribution < -0.4 is 10.1 Å². The number of nitrogens with one attached hydrogen (secondary N) is 1. The Morgan fingerprint density at radius 1 is 1.27 bits per heavy atom. The van der Waals surface area contributed by atoms with Crippen molar-refractivity contribution in [2.75, 3.05) is 6.61 Å². The van der Waals surface area contributed by atoms with Crippen LogP contribution in [0.5, 0.6) is 5.75 Å². The van der Waals surface area contributed by atoms with E-state index in [1.165, 1.54) is 0 Å². The topological polar surface area (TPSA) is 58.6 Å². The van der Waals surface area contributed by atoms with E-state index in [9.17, 15) is 9.90 Å². The second-order valence-electron chi connectivity index (χ2n) is 6.48. The molecule has 2 rings (SSSR count). The lowest BCUT2D eigenvalue weighted by Gasteiger charge is -2.15. The van der Waals surface area contributed by atoms with E-state index >= 15 is 0 Å². The smallest absolute Gasteiger partial charge is 0.255 e. The van der Waals surface area contributed by atoms with Crippen molar-refractivity contribution in [1.82, 2.24) is 5.32 Å². The number of thiophene rings is 1. The second kappa shape index (κ2) is 10.0. The molecule has 1 unspecified atom stereocenters. The molecule has 1 heterocycles. The van der Waals surface area contributed by atoms with Gasteiger partial charge in [-0.1, -0.05) is 38.5 Å². The number of aliphatic hydroxyl groups excluding tert-OH is 1. The normalized spacial score (nSPS) is 13.9. The minimum atomic E-state index is -0.307. The molecule has 1 amide bonds. The number of carbonyl (C=O) groups excluding carboxylic acids is 1. The first-order chi connectivity index (χ1) is 12.5. The van der Waals surface area contributed by atoms with Crippen molar-refractivity contribution in [2.24, 2.45) is 5.92 Å². The molecule has 0 fully saturated rings. The zero-order chi connectivity index (χ0) is 18.9. The molecule has 2 N–H and O–H groups in total. The first-order valence-electron chi connectivity index (χ1n) is 8.97. The van der Waals surface area contributed by atoms with Gasteiger partial charge in [0.2, 0.25) is 0 Å². The van der Waals surface area contributed by atoms with Crippen molar-refractivity contribution < 1.29 is 14.6 Å². The van der Waals surface area contributed by atoms with Crippen LogP contribution in [0.15, 0.2) is 48.0 Å². The second-order valence-corrected chi connectivity index (χ2v) is 7.46. The molecule has 2 atom stereocenters. The molecule has 0 saturated carbocycles. The summed E-state index contributed by atoms with van der Waals surface area (Å²) in [6.45, 7) is 6.93. The third-order valence-electron chi connectivity index (χ3n) is 4.17. The van der Waals surface area contributed by atoms with Gasteiger partial charge in [-0.15, -0.1) is 11.3 Å². The zero-order valence-corrected chi connectivity index (χ0v) is 16.4. The van der Waals surface area contributed by atoms with E-state index < -0.39 is 0 Å². The van der Waals surface area contributed by atoms with Gasteiger partial charge in [0.1, 0.15) is 5.75 Å². The van der Waals surface area contributed by atoms with Crippen LogP contribution in [0, 0.1) is 5.92 Å². The quantitative estimate of drug-likeness (QED) is 0.461. The summed E-state index contributed by atoms with van der Waals surface area (Å²) < 4.78 is 5.78. The average molecular weight is 374 g/mol. The fraction of sp³-hybridized carbons (Fsp3) is 0.381. The number of hydrogen-bond acceptors (Lipinski definition) is 4. The maximum Gasteiger partial charge on any atom is 0.255 e. The SMILES string of the molecule is CCCC(C)COc1ccc(C(=CO)C(=O)N[C@H](C)c2cccs2)cc1. The first-order valence-corrected chi connectivity index (χ1v) is 9.85. The molecular weight excluding hydrogens is 346 g/mol. The number of rotatable bonds is 9. The number of benzene rings is 1. The highest BCUT2D eigenvalue weighted by molar-refractivity contribution is 7.10. The molecule has 140 valence electrons. The van der Waals surface area contributed by atoms with E-state index in [0.717, 1.165) is 29.7 Å². The van der Waals surface area contributed by atoms with Crippen molar-refractivity contribution in [1.29, 1.82) is 0 Å². The third kappa shape index (κ3) is 5.63. The Labute approximate surface area is 159 Å². The summed E-state index contributed by atoms with van der Waals surface area (Å²) in [5, 5.41) is 14.4. The molecule has 26 heavy (non-hydrogen) atoms. The summed E-state index contributed by atoms with van der Waals surface area (Å²) >= 11 is 1.59. The van der Waals surface area contributed by atoms with Crippen LogP contribution in [0.25, 0.3) is 5.57 Å². The number of amides is 1. The molecule has 0 saturated heterocycles. The van der Waals surface area contributed by atoms with E-state index in [2.05, 4.69) is 19.2 Å². The van der Waals surface area contributed by atoms with Gasteiger partial charge in [0.25, 0.3) is 5.91 Å². The molecule has 1 aromatic carbocycles. The van der Waals surface area contributed by atoms with Gasteiger partial charge in [0.05, 0.1) is 24.5 Å². The molecule has 0 aliphatic carbocycles. The minimum absolute atomic E-state index is 0.111. The fourth-order valence-corrected chi connectivity index (χ4v) is 3.43. The molecule has 0 aliphatic rings. The van der Waals surface area contributed by atoms with Crippen LogP contribution in [0.1, 0.15) is 50.1 Å². The summed E-state index contributed by atoms with van der Waals surface area (Å²) in [4.78, 5) is 13.6. The zero-order valence-electron chi connectivity index (χ0n) is 15.6. The lowest BCUT2D eigenvalue weighted by Crippen LogP contribution is -2.27. The van der Waals surface area contributed by atoms with Gasteiger partial charge < -0.3 is 15.2 Å². The number of carbonyl (C=O) groups is 1. The third-order valence-corrected chi connectivity index (χ3v) is 5.23. The summed E-state index contributed by atoms with van der Waals surface area (Å²) in [6.07, 6.45) is 3.14. The van der Waals surface area contributed by atoms with Crippen LogP contribution in [-0.4, -0.2) is 17.6 Å². The van der Waals surface area contributed by atoms with Gasteiger partial charge in [-0.2, -0.15) is 0 Å². The van der Waals surface area contributed by atoms with E-state index in [1.54, 1.807) is 23.5 Å². The lowest BCUT2D eigenvalue weighted by molar-refractivity contribution is -0.116. The Kier molecular flexibility index (Phi) is 7.73. The Bertz CT molecular complexity index is 707. The van der Waals surface area contributed by atoms with Gasteiger partial charge in [-0.3, -0.25) is 4.79 Å². The van der Waals surface area contributed by atoms with Crippen LogP contribution in [0.2, 0.25) is 0 Å². The van der Waals surface area contributed by atoms with E-state index in [4.69, 9.17) is 4.74 Å². The van der Waals surface area contributed by atoms with E-state index in [0.29, 0.717) is 18.1 Å². The van der Waals surface area contributed by atoms with Gasteiger partial charge >= 0.3 is 0 Å². The fourth-order valence-electron chi connectivity index (χ4n) is 2.69. The minimum Gasteiger partial charge on any atom is -0.515 e. The predicted octanol–water partition coefficient (Wildman–Crippen LogP) is 5.34. The number of aliphatic hydroxyl groups is 1. The van der Waals surface area contributed by atoms with Crippen LogP contribution in [-0.2, 0) is 4.79 Å². The maximum absolute atomic E-state index is 12.5. The predicted molar refractivity (Wildman–Crippen MR) is 107 cm³/mol.